The van der Waals surface area contributed by atoms with Crippen LogP contribution in [0.2, 0.25) is 0 Å². The Bertz CT molecular complexity index is 338. The zero-order valence-electron chi connectivity index (χ0n) is 13.1. The lowest BCUT2D eigenvalue weighted by atomic mass is 9.86. The van der Waals surface area contributed by atoms with Gasteiger partial charge >= 0.3 is 0 Å². The summed E-state index contributed by atoms with van der Waals surface area (Å²) in [5.74, 6) is 0.208. The van der Waals surface area contributed by atoms with Crippen molar-refractivity contribution in [3.05, 3.63) is 0 Å². The third-order valence-electron chi connectivity index (χ3n) is 4.44. The van der Waals surface area contributed by atoms with Crippen LogP contribution in [0.4, 0.5) is 0 Å². The molecule has 1 saturated heterocycles. The van der Waals surface area contributed by atoms with Gasteiger partial charge in [0.15, 0.2) is 0 Å². The van der Waals surface area contributed by atoms with E-state index >= 15 is 0 Å². The van der Waals surface area contributed by atoms with Crippen molar-refractivity contribution in [2.24, 2.45) is 11.7 Å². The van der Waals surface area contributed by atoms with Crippen LogP contribution in [0.1, 0.15) is 52.4 Å². The molecule has 1 fully saturated rings. The van der Waals surface area contributed by atoms with Gasteiger partial charge in [-0.1, -0.05) is 38.9 Å². The Hall–Kier alpha value is -0.680. The average molecular weight is 299 g/mol. The molecular weight excluding hydrogens is 270 g/mol. The van der Waals surface area contributed by atoms with E-state index in [0.717, 1.165) is 51.6 Å². The minimum Gasteiger partial charge on any atom is -0.391 e. The summed E-state index contributed by atoms with van der Waals surface area (Å²) < 4.78 is 0. The van der Waals surface area contributed by atoms with Gasteiger partial charge in [-0.3, -0.25) is 4.79 Å². The molecule has 0 aromatic carbocycles. The number of unbranched alkanes of at least 4 members (excludes halogenated alkanes) is 1. The predicted octanol–water partition coefficient (Wildman–Crippen LogP) is 2.07. The standard InChI is InChI=1S/C15H29N3OS/c1-4-6-7-12(5-2)13(19)17-15(14(16)20)8-10-18(3)11-9-15/h12H,4-11H2,1-3H3,(H2,16,20)(H,17,19). The van der Waals surface area contributed by atoms with E-state index in [0.29, 0.717) is 4.99 Å². The number of piperidine rings is 1. The highest BCUT2D eigenvalue weighted by molar-refractivity contribution is 7.80. The molecule has 1 aliphatic rings. The molecule has 0 spiro atoms. The number of likely N-dealkylation sites (tertiary alicyclic amines) is 1. The highest BCUT2D eigenvalue weighted by Crippen LogP contribution is 2.24. The Labute approximate surface area is 128 Å². The maximum atomic E-state index is 12.5. The number of thiocarbonyl (C=S) groups is 1. The molecule has 1 rings (SSSR count). The number of nitrogens with two attached hydrogens (primary N) is 1. The van der Waals surface area contributed by atoms with Crippen LogP contribution in [0.3, 0.4) is 0 Å². The lowest BCUT2D eigenvalue weighted by Gasteiger charge is -2.41. The van der Waals surface area contributed by atoms with Crippen LogP contribution in [-0.4, -0.2) is 41.5 Å². The largest absolute Gasteiger partial charge is 0.391 e. The molecule has 0 aromatic heterocycles. The molecule has 3 N–H and O–H groups in total. The van der Waals surface area contributed by atoms with Crippen LogP contribution in [0.25, 0.3) is 0 Å². The molecule has 0 bridgehead atoms. The quantitative estimate of drug-likeness (QED) is 0.707. The first-order valence-electron chi connectivity index (χ1n) is 7.75. The van der Waals surface area contributed by atoms with Crippen molar-refractivity contribution in [2.75, 3.05) is 20.1 Å². The van der Waals surface area contributed by atoms with E-state index in [1.165, 1.54) is 0 Å². The number of carbonyl (C=O) groups excluding carboxylic acids is 1. The summed E-state index contributed by atoms with van der Waals surface area (Å²) in [6, 6.07) is 0. The van der Waals surface area contributed by atoms with Crippen molar-refractivity contribution in [1.82, 2.24) is 10.2 Å². The van der Waals surface area contributed by atoms with Gasteiger partial charge in [0.1, 0.15) is 0 Å². The zero-order valence-corrected chi connectivity index (χ0v) is 13.9. The van der Waals surface area contributed by atoms with E-state index in [2.05, 4.69) is 31.1 Å². The fourth-order valence-corrected chi connectivity index (χ4v) is 3.00. The van der Waals surface area contributed by atoms with E-state index < -0.39 is 5.54 Å². The van der Waals surface area contributed by atoms with Gasteiger partial charge in [-0.15, -0.1) is 0 Å². The van der Waals surface area contributed by atoms with Crippen molar-refractivity contribution in [2.45, 2.75) is 57.9 Å². The van der Waals surface area contributed by atoms with Crippen LogP contribution in [0.15, 0.2) is 0 Å². The first-order chi connectivity index (χ1) is 9.45. The molecule has 1 unspecified atom stereocenters. The lowest BCUT2D eigenvalue weighted by molar-refractivity contribution is -0.127. The van der Waals surface area contributed by atoms with E-state index in [4.69, 9.17) is 18.0 Å². The molecule has 0 saturated carbocycles. The van der Waals surface area contributed by atoms with Crippen LogP contribution >= 0.6 is 12.2 Å². The summed E-state index contributed by atoms with van der Waals surface area (Å²) in [4.78, 5) is 15.2. The third kappa shape index (κ3) is 4.42. The molecular formula is C15H29N3OS. The van der Waals surface area contributed by atoms with Gasteiger partial charge in [-0.2, -0.15) is 0 Å². The number of nitrogens with zero attached hydrogens (tertiary/aromatic N) is 1. The number of nitrogens with one attached hydrogen (secondary N) is 1. The van der Waals surface area contributed by atoms with Crippen molar-refractivity contribution >= 4 is 23.1 Å². The summed E-state index contributed by atoms with van der Waals surface area (Å²) in [7, 11) is 2.08. The molecule has 1 aliphatic heterocycles. The van der Waals surface area contributed by atoms with Gasteiger partial charge in [0.05, 0.1) is 10.5 Å². The van der Waals surface area contributed by atoms with E-state index in [1.54, 1.807) is 0 Å². The highest BCUT2D eigenvalue weighted by Gasteiger charge is 2.38. The molecule has 4 nitrogen and oxygen atoms in total. The molecule has 20 heavy (non-hydrogen) atoms. The summed E-state index contributed by atoms with van der Waals surface area (Å²) in [5, 5.41) is 3.18. The van der Waals surface area contributed by atoms with Crippen LogP contribution < -0.4 is 11.1 Å². The van der Waals surface area contributed by atoms with Gasteiger partial charge in [-0.05, 0) is 32.7 Å². The van der Waals surface area contributed by atoms with Crippen molar-refractivity contribution in [3.8, 4) is 0 Å². The Morgan fingerprint density at radius 2 is 2.00 bits per heavy atom. The average Bonchev–Trinajstić information content (AvgIpc) is 2.42. The predicted molar refractivity (Wildman–Crippen MR) is 87.7 cm³/mol. The molecule has 0 aliphatic carbocycles. The lowest BCUT2D eigenvalue weighted by Crippen LogP contribution is -2.62. The maximum Gasteiger partial charge on any atom is 0.223 e. The van der Waals surface area contributed by atoms with E-state index in [1.807, 2.05) is 0 Å². The van der Waals surface area contributed by atoms with Gasteiger partial charge in [0.25, 0.3) is 0 Å². The fraction of sp³-hybridized carbons (Fsp3) is 0.867. The van der Waals surface area contributed by atoms with Gasteiger partial charge in [-0.25, -0.2) is 0 Å². The topological polar surface area (TPSA) is 58.4 Å². The fourth-order valence-electron chi connectivity index (χ4n) is 2.74. The summed E-state index contributed by atoms with van der Waals surface area (Å²) in [6.07, 6.45) is 5.67. The maximum absolute atomic E-state index is 12.5. The third-order valence-corrected chi connectivity index (χ3v) is 4.84. The number of amides is 1. The highest BCUT2D eigenvalue weighted by atomic mass is 32.1. The molecule has 5 heteroatoms. The summed E-state index contributed by atoms with van der Waals surface area (Å²) >= 11 is 5.24. The molecule has 0 aromatic rings. The molecule has 1 amide bonds. The van der Waals surface area contributed by atoms with Gasteiger partial charge in [0.2, 0.25) is 5.91 Å². The first kappa shape index (κ1) is 17.4. The molecule has 0 radical (unpaired) electrons. The minimum absolute atomic E-state index is 0.0841. The number of hydrogen-bond donors (Lipinski definition) is 2. The van der Waals surface area contributed by atoms with Crippen LogP contribution in [-0.2, 0) is 4.79 Å². The van der Waals surface area contributed by atoms with E-state index in [-0.39, 0.29) is 11.8 Å². The smallest absolute Gasteiger partial charge is 0.223 e. The molecule has 1 atom stereocenters. The second kappa shape index (κ2) is 7.93. The van der Waals surface area contributed by atoms with Crippen molar-refractivity contribution in [1.29, 1.82) is 0 Å². The van der Waals surface area contributed by atoms with Gasteiger partial charge in [0, 0.05) is 19.0 Å². The Balaban J connectivity index is 2.70. The van der Waals surface area contributed by atoms with Crippen molar-refractivity contribution in [3.63, 3.8) is 0 Å². The Kier molecular flexibility index (Phi) is 6.89. The van der Waals surface area contributed by atoms with Crippen LogP contribution in [0, 0.1) is 5.92 Å². The second-order valence-corrected chi connectivity index (χ2v) is 6.43. The molecule has 1 heterocycles. The number of carbonyl (C=O) groups is 1. The normalized spacial score (nSPS) is 20.4. The Morgan fingerprint density at radius 1 is 1.40 bits per heavy atom. The van der Waals surface area contributed by atoms with Crippen molar-refractivity contribution < 1.29 is 4.79 Å². The Morgan fingerprint density at radius 3 is 2.45 bits per heavy atom. The minimum atomic E-state index is -0.474. The summed E-state index contributed by atoms with van der Waals surface area (Å²) in [6.45, 7) is 6.06. The second-order valence-electron chi connectivity index (χ2n) is 5.99. The van der Waals surface area contributed by atoms with Crippen LogP contribution in [0.5, 0.6) is 0 Å². The first-order valence-corrected chi connectivity index (χ1v) is 8.16. The monoisotopic (exact) mass is 299 g/mol. The summed E-state index contributed by atoms with van der Waals surface area (Å²) in [5.41, 5.74) is 5.46. The molecule has 116 valence electrons. The number of rotatable bonds is 7. The van der Waals surface area contributed by atoms with E-state index in [9.17, 15) is 4.79 Å². The zero-order chi connectivity index (χ0) is 15.2. The van der Waals surface area contributed by atoms with Gasteiger partial charge < -0.3 is 16.0 Å². The SMILES string of the molecule is CCCCC(CC)C(=O)NC1(C(N)=S)CCN(C)CC1. The number of hydrogen-bond acceptors (Lipinski definition) is 3.